The molecule has 0 spiro atoms. The largest absolute Gasteiger partial charge is 0.356 e. The van der Waals surface area contributed by atoms with Gasteiger partial charge in [-0.1, -0.05) is 19.1 Å². The zero-order chi connectivity index (χ0) is 25.5. The normalized spacial score (nSPS) is 21.9. The molecular weight excluding hydrogens is 474 g/mol. The maximum atomic E-state index is 13.8. The van der Waals surface area contributed by atoms with E-state index < -0.39 is 16.6 Å². The molecule has 2 fully saturated rings. The fraction of sp³-hybridized carbons (Fsp3) is 0.480. The van der Waals surface area contributed by atoms with Gasteiger partial charge < -0.3 is 10.6 Å². The van der Waals surface area contributed by atoms with Crippen molar-refractivity contribution >= 4 is 43.0 Å². The number of carbonyl (C=O) groups excluding carboxylic acids is 1. The van der Waals surface area contributed by atoms with Gasteiger partial charge in [0.2, 0.25) is 6.41 Å². The van der Waals surface area contributed by atoms with Gasteiger partial charge >= 0.3 is 0 Å². The van der Waals surface area contributed by atoms with Crippen molar-refractivity contribution in [2.24, 2.45) is 0 Å². The van der Waals surface area contributed by atoms with E-state index in [1.54, 1.807) is 43.6 Å². The predicted molar refractivity (Wildman–Crippen MR) is 140 cm³/mol. The van der Waals surface area contributed by atoms with Crippen LogP contribution in [0, 0.1) is 18.3 Å². The van der Waals surface area contributed by atoms with E-state index in [4.69, 9.17) is 0 Å². The van der Waals surface area contributed by atoms with Gasteiger partial charge in [0.05, 0.1) is 33.8 Å². The molecule has 9 heteroatoms. The second-order valence-electron chi connectivity index (χ2n) is 8.44. The van der Waals surface area contributed by atoms with Crippen molar-refractivity contribution in [2.45, 2.75) is 69.1 Å². The molecule has 1 aromatic carbocycles. The fourth-order valence-corrected chi connectivity index (χ4v) is 4.29. The number of benzene rings is 1. The van der Waals surface area contributed by atoms with Gasteiger partial charge in [0.15, 0.2) is 0 Å². The number of amides is 1. The lowest BCUT2D eigenvalue weighted by Gasteiger charge is -2.23. The SMILES string of the molecule is CCc1c(Nc2ccc(C3C(F)(F)C3(C)S)cc2)cnc(C)c1C#N.CS.O=CNC1CCC1. The fourth-order valence-electron chi connectivity index (χ4n) is 3.92. The number of aromatic nitrogens is 1. The van der Waals surface area contributed by atoms with Crippen LogP contribution in [0.2, 0.25) is 0 Å². The van der Waals surface area contributed by atoms with Crippen LogP contribution in [0.1, 0.15) is 61.4 Å². The van der Waals surface area contributed by atoms with E-state index in [0.29, 0.717) is 29.3 Å². The van der Waals surface area contributed by atoms with Crippen LogP contribution >= 0.6 is 25.3 Å². The maximum Gasteiger partial charge on any atom is 0.271 e. The lowest BCUT2D eigenvalue weighted by atomic mass is 9.94. The number of alkyl halides is 2. The Balaban J connectivity index is 0.000000384. The number of nitrogens with one attached hydrogen (secondary N) is 2. The van der Waals surface area contributed by atoms with Crippen LogP contribution in [0.4, 0.5) is 20.2 Å². The van der Waals surface area contributed by atoms with Gasteiger partial charge in [-0.25, -0.2) is 8.78 Å². The number of carbonyl (C=O) groups is 1. The number of nitrogens with zero attached hydrogens (tertiary/aromatic N) is 2. The lowest BCUT2D eigenvalue weighted by Crippen LogP contribution is -2.33. The van der Waals surface area contributed by atoms with Gasteiger partial charge in [-0.2, -0.15) is 30.5 Å². The van der Waals surface area contributed by atoms with Crippen molar-refractivity contribution in [3.63, 3.8) is 0 Å². The number of hydrogen-bond acceptors (Lipinski definition) is 6. The molecular formula is C25H32F2N4OS2. The molecule has 1 aromatic heterocycles. The molecule has 0 aliphatic heterocycles. The highest BCUT2D eigenvalue weighted by atomic mass is 32.1. The summed E-state index contributed by atoms with van der Waals surface area (Å²) in [5.41, 5.74) is 4.27. The molecule has 2 aliphatic carbocycles. The minimum absolute atomic E-state index is 0.512. The van der Waals surface area contributed by atoms with Crippen LogP contribution in [0.5, 0.6) is 0 Å². The monoisotopic (exact) mass is 506 g/mol. The molecule has 5 nitrogen and oxygen atoms in total. The van der Waals surface area contributed by atoms with Gasteiger partial charge in [-0.15, -0.1) is 0 Å². The number of thiol groups is 2. The summed E-state index contributed by atoms with van der Waals surface area (Å²) < 4.78 is 26.3. The molecule has 0 radical (unpaired) electrons. The van der Waals surface area contributed by atoms with Crippen molar-refractivity contribution in [2.75, 3.05) is 11.6 Å². The third-order valence-electron chi connectivity index (χ3n) is 6.29. The van der Waals surface area contributed by atoms with Crippen molar-refractivity contribution < 1.29 is 13.6 Å². The number of anilines is 2. The highest BCUT2D eigenvalue weighted by Crippen LogP contribution is 2.68. The number of aryl methyl sites for hydroxylation is 1. The molecule has 0 bridgehead atoms. The molecule has 34 heavy (non-hydrogen) atoms. The van der Waals surface area contributed by atoms with Gasteiger partial charge in [-0.3, -0.25) is 9.78 Å². The van der Waals surface area contributed by atoms with Crippen LogP contribution in [0.3, 0.4) is 0 Å². The Morgan fingerprint density at radius 1 is 1.26 bits per heavy atom. The first-order valence-electron chi connectivity index (χ1n) is 11.2. The Labute approximate surface area is 211 Å². The summed E-state index contributed by atoms with van der Waals surface area (Å²) in [6.45, 7) is 5.25. The smallest absolute Gasteiger partial charge is 0.271 e. The number of halogens is 2. The molecule has 0 saturated heterocycles. The molecule has 2 saturated carbocycles. The van der Waals surface area contributed by atoms with Crippen LogP contribution < -0.4 is 10.6 Å². The summed E-state index contributed by atoms with van der Waals surface area (Å²) in [6.07, 6.45) is 8.51. The number of hydrogen-bond donors (Lipinski definition) is 4. The predicted octanol–water partition coefficient (Wildman–Crippen LogP) is 5.82. The number of nitriles is 1. The maximum absolute atomic E-state index is 13.8. The zero-order valence-electron chi connectivity index (χ0n) is 19.9. The molecule has 4 rings (SSSR count). The third-order valence-corrected chi connectivity index (χ3v) is 6.85. The summed E-state index contributed by atoms with van der Waals surface area (Å²) in [4.78, 5) is 14.0. The Bertz CT molecular complexity index is 1000. The van der Waals surface area contributed by atoms with Crippen LogP contribution in [0.15, 0.2) is 30.5 Å². The van der Waals surface area contributed by atoms with Crippen molar-refractivity contribution in [3.8, 4) is 6.07 Å². The van der Waals surface area contributed by atoms with E-state index in [0.717, 1.165) is 23.3 Å². The summed E-state index contributed by atoms with van der Waals surface area (Å²) in [5, 5.41) is 15.3. The standard InChI is InChI=1S/C19H19F2N3S.C5H9NO.CH4S/c1-4-14-15(9-22)11(2)23-10-16(14)24-13-7-5-12(6-8-13)17-18(3,25)19(17,20)21;7-4-6-5-2-1-3-5;1-2/h5-8,10,17,24-25H,4H2,1-3H3;4-5H,1-3H2,(H,6,7);2H,1H3. The Hall–Kier alpha value is -2.31. The second-order valence-corrected chi connectivity index (χ2v) is 9.37. The Morgan fingerprint density at radius 3 is 2.24 bits per heavy atom. The van der Waals surface area contributed by atoms with E-state index >= 15 is 0 Å². The van der Waals surface area contributed by atoms with E-state index in [9.17, 15) is 18.8 Å². The lowest BCUT2D eigenvalue weighted by molar-refractivity contribution is -0.110. The van der Waals surface area contributed by atoms with E-state index in [-0.39, 0.29) is 0 Å². The van der Waals surface area contributed by atoms with Crippen LogP contribution in [0.25, 0.3) is 0 Å². The summed E-state index contributed by atoms with van der Waals surface area (Å²) >= 11 is 7.61. The van der Waals surface area contributed by atoms with E-state index in [1.807, 2.05) is 6.92 Å². The first-order chi connectivity index (χ1) is 16.2. The van der Waals surface area contributed by atoms with Crippen molar-refractivity contribution in [1.29, 1.82) is 5.26 Å². The molecule has 2 aliphatic rings. The first kappa shape index (κ1) is 27.9. The molecule has 2 N–H and O–H groups in total. The Kier molecular flexibility index (Phi) is 9.77. The van der Waals surface area contributed by atoms with Crippen molar-refractivity contribution in [3.05, 3.63) is 52.8 Å². The van der Waals surface area contributed by atoms with E-state index in [1.165, 1.54) is 26.2 Å². The zero-order valence-corrected chi connectivity index (χ0v) is 21.7. The van der Waals surface area contributed by atoms with E-state index in [2.05, 4.69) is 46.9 Å². The Morgan fingerprint density at radius 2 is 1.85 bits per heavy atom. The summed E-state index contributed by atoms with van der Waals surface area (Å²) in [5.74, 6) is -3.65. The highest BCUT2D eigenvalue weighted by molar-refractivity contribution is 7.82. The third kappa shape index (κ3) is 5.84. The minimum Gasteiger partial charge on any atom is -0.356 e. The number of pyridine rings is 1. The molecule has 2 unspecified atom stereocenters. The average Bonchev–Trinajstić information content (AvgIpc) is 3.22. The molecule has 2 aromatic rings. The molecule has 1 heterocycles. The minimum atomic E-state index is -2.79. The van der Waals surface area contributed by atoms with Gasteiger partial charge in [0, 0.05) is 11.7 Å². The average molecular weight is 507 g/mol. The van der Waals surface area contributed by atoms with Gasteiger partial charge in [0.25, 0.3) is 5.92 Å². The molecule has 2 atom stereocenters. The number of rotatable bonds is 6. The van der Waals surface area contributed by atoms with Gasteiger partial charge in [0.1, 0.15) is 6.07 Å². The summed E-state index contributed by atoms with van der Waals surface area (Å²) in [6, 6.07) is 9.62. The molecule has 184 valence electrons. The van der Waals surface area contributed by atoms with Crippen molar-refractivity contribution in [1.82, 2.24) is 10.3 Å². The second kappa shape index (κ2) is 11.9. The van der Waals surface area contributed by atoms with Crippen LogP contribution in [-0.4, -0.2) is 34.4 Å². The topological polar surface area (TPSA) is 77.8 Å². The summed E-state index contributed by atoms with van der Waals surface area (Å²) in [7, 11) is 0. The van der Waals surface area contributed by atoms with Gasteiger partial charge in [-0.05, 0) is 69.0 Å². The first-order valence-corrected chi connectivity index (χ1v) is 12.5. The highest BCUT2D eigenvalue weighted by Gasteiger charge is 2.76. The quantitative estimate of drug-likeness (QED) is 0.294. The van der Waals surface area contributed by atoms with Crippen LogP contribution in [-0.2, 0) is 11.2 Å². The molecule has 1 amide bonds.